The molecule has 0 N–H and O–H groups in total. The van der Waals surface area contributed by atoms with E-state index in [2.05, 4.69) is 0 Å². The predicted molar refractivity (Wildman–Crippen MR) is 59.7 cm³/mol. The number of ketones is 2. The van der Waals surface area contributed by atoms with Crippen LogP contribution in [0.4, 0.5) is 0 Å². The van der Waals surface area contributed by atoms with Crippen molar-refractivity contribution in [2.45, 2.75) is 20.3 Å². The molecule has 0 aliphatic rings. The summed E-state index contributed by atoms with van der Waals surface area (Å²) in [5, 5.41) is 0. The molecule has 0 atom stereocenters. The minimum absolute atomic E-state index is 0.0472. The number of rotatable bonds is 4. The van der Waals surface area contributed by atoms with Crippen molar-refractivity contribution in [2.24, 2.45) is 0 Å². The molecule has 0 saturated heterocycles. The van der Waals surface area contributed by atoms with Crippen LogP contribution in [0.3, 0.4) is 0 Å². The van der Waals surface area contributed by atoms with Crippen molar-refractivity contribution in [3.63, 3.8) is 0 Å². The average molecular weight is 202 g/mol. The first-order valence-electron chi connectivity index (χ1n) is 4.85. The third-order valence-corrected chi connectivity index (χ3v) is 2.00. The zero-order chi connectivity index (χ0) is 11.3. The Morgan fingerprint density at radius 3 is 2.27 bits per heavy atom. The zero-order valence-corrected chi connectivity index (χ0v) is 8.99. The van der Waals surface area contributed by atoms with Crippen molar-refractivity contribution < 1.29 is 9.59 Å². The minimum atomic E-state index is -0.104. The Hall–Kier alpha value is -1.70. The van der Waals surface area contributed by atoms with E-state index in [1.807, 2.05) is 31.2 Å². The van der Waals surface area contributed by atoms with Crippen molar-refractivity contribution in [1.82, 2.24) is 0 Å². The van der Waals surface area contributed by atoms with E-state index in [1.165, 1.54) is 24.6 Å². The van der Waals surface area contributed by atoms with Gasteiger partial charge in [0.25, 0.3) is 0 Å². The van der Waals surface area contributed by atoms with E-state index >= 15 is 0 Å². The molecule has 1 aromatic carbocycles. The van der Waals surface area contributed by atoms with Gasteiger partial charge in [-0.2, -0.15) is 0 Å². The second-order valence-corrected chi connectivity index (χ2v) is 3.57. The highest BCUT2D eigenvalue weighted by molar-refractivity contribution is 5.98. The number of hydrogen-bond acceptors (Lipinski definition) is 2. The van der Waals surface area contributed by atoms with Crippen LogP contribution >= 0.6 is 0 Å². The van der Waals surface area contributed by atoms with Crippen molar-refractivity contribution >= 4 is 11.6 Å². The van der Waals surface area contributed by atoms with Crippen molar-refractivity contribution in [3.05, 3.63) is 47.5 Å². The molecule has 0 unspecified atom stereocenters. The molecule has 2 nitrogen and oxygen atoms in total. The summed E-state index contributed by atoms with van der Waals surface area (Å²) >= 11 is 0. The maximum absolute atomic E-state index is 11.4. The normalized spacial score (nSPS) is 10.5. The first kappa shape index (κ1) is 11.4. The van der Waals surface area contributed by atoms with Crippen molar-refractivity contribution in [2.75, 3.05) is 0 Å². The first-order chi connectivity index (χ1) is 7.08. The van der Waals surface area contributed by atoms with Crippen LogP contribution < -0.4 is 0 Å². The molecule has 78 valence electrons. The summed E-state index contributed by atoms with van der Waals surface area (Å²) in [4.78, 5) is 22.0. The molecule has 0 radical (unpaired) electrons. The maximum Gasteiger partial charge on any atom is 0.160 e. The molecule has 0 aliphatic carbocycles. The van der Waals surface area contributed by atoms with Crippen LogP contribution in [0.15, 0.2) is 36.4 Å². The SMILES string of the molecule is CC(=O)/C=C/C(=O)Cc1ccc(C)cc1. The molecule has 0 spiro atoms. The Balaban J connectivity index is 2.59. The molecule has 0 aliphatic heterocycles. The zero-order valence-electron chi connectivity index (χ0n) is 8.99. The quantitative estimate of drug-likeness (QED) is 0.702. The number of carbonyl (C=O) groups excluding carboxylic acids is 2. The van der Waals surface area contributed by atoms with Gasteiger partial charge in [-0.3, -0.25) is 9.59 Å². The van der Waals surface area contributed by atoms with Gasteiger partial charge in [-0.05, 0) is 31.6 Å². The van der Waals surface area contributed by atoms with E-state index < -0.39 is 0 Å². The van der Waals surface area contributed by atoms with Gasteiger partial charge in [0.1, 0.15) is 0 Å². The van der Waals surface area contributed by atoms with Crippen LogP contribution in [0.1, 0.15) is 18.1 Å². The van der Waals surface area contributed by atoms with Gasteiger partial charge in [0.2, 0.25) is 0 Å². The van der Waals surface area contributed by atoms with E-state index in [0.717, 1.165) is 5.56 Å². The molecule has 0 amide bonds. The van der Waals surface area contributed by atoms with Gasteiger partial charge < -0.3 is 0 Å². The molecule has 15 heavy (non-hydrogen) atoms. The fourth-order valence-electron chi connectivity index (χ4n) is 1.18. The lowest BCUT2D eigenvalue weighted by atomic mass is 10.1. The molecule has 1 aromatic rings. The fourth-order valence-corrected chi connectivity index (χ4v) is 1.18. The Morgan fingerprint density at radius 2 is 1.73 bits per heavy atom. The minimum Gasteiger partial charge on any atom is -0.295 e. The molecule has 1 rings (SSSR count). The number of hydrogen-bond donors (Lipinski definition) is 0. The van der Waals surface area contributed by atoms with Crippen LogP contribution in [0.2, 0.25) is 0 Å². The summed E-state index contributed by atoms with van der Waals surface area (Å²) in [6, 6.07) is 7.79. The van der Waals surface area contributed by atoms with Gasteiger partial charge in [-0.1, -0.05) is 29.8 Å². The molecule has 0 saturated carbocycles. The highest BCUT2D eigenvalue weighted by Gasteiger charge is 1.99. The van der Waals surface area contributed by atoms with Crippen molar-refractivity contribution in [1.29, 1.82) is 0 Å². The standard InChI is InChI=1S/C13H14O2/c1-10-3-6-12(7-4-10)9-13(15)8-5-11(2)14/h3-8H,9H2,1-2H3/b8-5+. The van der Waals surface area contributed by atoms with Crippen molar-refractivity contribution in [3.8, 4) is 0 Å². The molecule has 0 bridgehead atoms. The van der Waals surface area contributed by atoms with Crippen LogP contribution in [-0.2, 0) is 16.0 Å². The monoisotopic (exact) mass is 202 g/mol. The lowest BCUT2D eigenvalue weighted by Gasteiger charge is -1.97. The highest BCUT2D eigenvalue weighted by Crippen LogP contribution is 2.04. The number of carbonyl (C=O) groups is 2. The van der Waals surface area contributed by atoms with E-state index in [0.29, 0.717) is 6.42 Å². The van der Waals surface area contributed by atoms with Gasteiger partial charge in [0.05, 0.1) is 0 Å². The predicted octanol–water partition coefficient (Wildman–Crippen LogP) is 2.25. The number of benzene rings is 1. The smallest absolute Gasteiger partial charge is 0.160 e. The molecule has 0 aromatic heterocycles. The van der Waals surface area contributed by atoms with Gasteiger partial charge in [0.15, 0.2) is 11.6 Å². The molecular formula is C13H14O2. The average Bonchev–Trinajstić information content (AvgIpc) is 2.19. The topological polar surface area (TPSA) is 34.1 Å². The second kappa shape index (κ2) is 5.25. The van der Waals surface area contributed by atoms with Crippen LogP contribution in [0.25, 0.3) is 0 Å². The molecular weight excluding hydrogens is 188 g/mol. The lowest BCUT2D eigenvalue weighted by Crippen LogP contribution is -1.99. The highest BCUT2D eigenvalue weighted by atomic mass is 16.1. The van der Waals surface area contributed by atoms with Crippen LogP contribution in [-0.4, -0.2) is 11.6 Å². The van der Waals surface area contributed by atoms with Gasteiger partial charge >= 0.3 is 0 Å². The van der Waals surface area contributed by atoms with E-state index in [-0.39, 0.29) is 11.6 Å². The Bertz CT molecular complexity index is 386. The summed E-state index contributed by atoms with van der Waals surface area (Å²) in [6.07, 6.45) is 2.99. The van der Waals surface area contributed by atoms with E-state index in [9.17, 15) is 9.59 Å². The molecule has 2 heteroatoms. The van der Waals surface area contributed by atoms with Crippen LogP contribution in [0, 0.1) is 6.92 Å². The molecule has 0 heterocycles. The Kier molecular flexibility index (Phi) is 3.98. The summed E-state index contributed by atoms with van der Waals surface area (Å²) in [5.74, 6) is -0.152. The second-order valence-electron chi connectivity index (χ2n) is 3.57. The summed E-state index contributed by atoms with van der Waals surface area (Å²) < 4.78 is 0. The lowest BCUT2D eigenvalue weighted by molar-refractivity contribution is -0.115. The number of allylic oxidation sites excluding steroid dienone is 2. The van der Waals surface area contributed by atoms with Gasteiger partial charge in [0, 0.05) is 6.42 Å². The van der Waals surface area contributed by atoms with Gasteiger partial charge in [-0.15, -0.1) is 0 Å². The third kappa shape index (κ3) is 4.36. The largest absolute Gasteiger partial charge is 0.295 e. The number of aryl methyl sites for hydroxylation is 1. The Morgan fingerprint density at radius 1 is 1.13 bits per heavy atom. The van der Waals surface area contributed by atoms with Gasteiger partial charge in [-0.25, -0.2) is 0 Å². The van der Waals surface area contributed by atoms with E-state index in [4.69, 9.17) is 0 Å². The summed E-state index contributed by atoms with van der Waals surface area (Å²) in [5.41, 5.74) is 2.14. The Labute approximate surface area is 89.6 Å². The fraction of sp³-hybridized carbons (Fsp3) is 0.231. The maximum atomic E-state index is 11.4. The molecule has 0 fully saturated rings. The summed E-state index contributed by atoms with van der Waals surface area (Å²) in [7, 11) is 0. The van der Waals surface area contributed by atoms with E-state index in [1.54, 1.807) is 0 Å². The van der Waals surface area contributed by atoms with Crippen LogP contribution in [0.5, 0.6) is 0 Å². The first-order valence-corrected chi connectivity index (χ1v) is 4.85. The summed E-state index contributed by atoms with van der Waals surface area (Å²) in [6.45, 7) is 3.43. The third-order valence-electron chi connectivity index (χ3n) is 2.00.